The molecule has 6 nitrogen and oxygen atoms in total. The fraction of sp³-hybridized carbons (Fsp3) is 0.143. The normalized spacial score (nSPS) is 12.9. The number of ether oxygens (including phenoxy) is 4. The molecule has 0 bridgehead atoms. The van der Waals surface area contributed by atoms with Gasteiger partial charge in [0, 0.05) is 67.6 Å². The second kappa shape index (κ2) is 18.4. The third-order valence-corrected chi connectivity index (χ3v) is 15.5. The number of para-hydroxylation sites is 2. The Labute approximate surface area is 436 Å². The molecule has 0 saturated heterocycles. The van der Waals surface area contributed by atoms with Crippen LogP contribution in [0.25, 0.3) is 0 Å². The first-order valence-electron chi connectivity index (χ1n) is 25.4. The Morgan fingerprint density at radius 3 is 1.17 bits per heavy atom. The minimum atomic E-state index is -0.151. The molecule has 9 aromatic rings. The summed E-state index contributed by atoms with van der Waals surface area (Å²) >= 11 is 2.38. The Morgan fingerprint density at radius 2 is 0.750 bits per heavy atom. The summed E-state index contributed by atoms with van der Waals surface area (Å²) in [6.07, 6.45) is 6.79. The maximum Gasteiger partial charge on any atom is 0.260 e. The van der Waals surface area contributed by atoms with Crippen LogP contribution in [0.5, 0.6) is 46.0 Å². The number of nitrogens with zero attached hydrogens (tertiary/aromatic N) is 2. The molecular formula is C63H51B2IN2O4. The molecule has 0 fully saturated rings. The number of fused-ring (bicyclic) bond motifs is 8. The van der Waals surface area contributed by atoms with Gasteiger partial charge in [-0.3, -0.25) is 0 Å². The fourth-order valence-electron chi connectivity index (χ4n) is 11.2. The molecule has 72 heavy (non-hydrogen) atoms. The molecule has 4 aliphatic heterocycles. The van der Waals surface area contributed by atoms with Crippen molar-refractivity contribution in [3.05, 3.63) is 202 Å². The number of aryl methyl sites for hydroxylation is 3. The average Bonchev–Trinajstić information content (AvgIpc) is 3.41. The van der Waals surface area contributed by atoms with E-state index in [1.54, 1.807) is 0 Å². The molecule has 0 spiro atoms. The van der Waals surface area contributed by atoms with E-state index in [0.29, 0.717) is 0 Å². The Morgan fingerprint density at radius 1 is 0.375 bits per heavy atom. The summed E-state index contributed by atoms with van der Waals surface area (Å²) in [6.45, 7) is 6.31. The lowest BCUT2D eigenvalue weighted by Gasteiger charge is -2.37. The van der Waals surface area contributed by atoms with E-state index >= 15 is 0 Å². The number of anilines is 6. The van der Waals surface area contributed by atoms with Gasteiger partial charge in [-0.05, 0) is 161 Å². The van der Waals surface area contributed by atoms with Gasteiger partial charge >= 0.3 is 0 Å². The summed E-state index contributed by atoms with van der Waals surface area (Å²) in [5, 5.41) is 0. The van der Waals surface area contributed by atoms with Gasteiger partial charge in [0.05, 0.1) is 11.4 Å². The highest BCUT2D eigenvalue weighted by Crippen LogP contribution is 2.46. The Hall–Kier alpha value is -7.36. The lowest BCUT2D eigenvalue weighted by atomic mass is 9.31. The van der Waals surface area contributed by atoms with Crippen LogP contribution in [0, 0.1) is 10.5 Å². The van der Waals surface area contributed by atoms with Crippen LogP contribution in [0.1, 0.15) is 56.2 Å². The van der Waals surface area contributed by atoms with Crippen molar-refractivity contribution < 1.29 is 18.9 Å². The first-order valence-corrected chi connectivity index (χ1v) is 26.5. The lowest BCUT2D eigenvalue weighted by molar-refractivity contribution is 0.452. The Balaban J connectivity index is 0.956. The molecule has 9 heteroatoms. The van der Waals surface area contributed by atoms with Gasteiger partial charge in [0.25, 0.3) is 13.4 Å². The fourth-order valence-corrected chi connectivity index (χ4v) is 11.5. The maximum absolute atomic E-state index is 7.22. The van der Waals surface area contributed by atoms with Crippen molar-refractivity contribution in [3.63, 3.8) is 0 Å². The predicted molar refractivity (Wildman–Crippen MR) is 306 cm³/mol. The highest BCUT2D eigenvalue weighted by Gasteiger charge is 2.46. The van der Waals surface area contributed by atoms with E-state index in [4.69, 9.17) is 18.9 Å². The molecule has 0 radical (unpaired) electrons. The van der Waals surface area contributed by atoms with E-state index in [1.165, 1.54) is 33.1 Å². The monoisotopic (exact) mass is 1050 g/mol. The highest BCUT2D eigenvalue weighted by molar-refractivity contribution is 14.1. The summed E-state index contributed by atoms with van der Waals surface area (Å²) in [6, 6.07) is 65.5. The van der Waals surface area contributed by atoms with Crippen molar-refractivity contribution in [1.29, 1.82) is 0 Å². The summed E-state index contributed by atoms with van der Waals surface area (Å²) in [5.41, 5.74) is 16.4. The zero-order valence-corrected chi connectivity index (χ0v) is 42.8. The van der Waals surface area contributed by atoms with Gasteiger partial charge in [0.15, 0.2) is 0 Å². The van der Waals surface area contributed by atoms with E-state index in [-0.39, 0.29) is 13.4 Å². The summed E-state index contributed by atoms with van der Waals surface area (Å²) in [4.78, 5) is 4.61. The first-order chi connectivity index (χ1) is 35.4. The van der Waals surface area contributed by atoms with Gasteiger partial charge in [-0.2, -0.15) is 0 Å². The largest absolute Gasteiger partial charge is 0.458 e. The molecule has 0 saturated carbocycles. The molecule has 0 amide bonds. The molecule has 9 aromatic carbocycles. The molecule has 0 aromatic heterocycles. The molecular weight excluding hydrogens is 997 g/mol. The second-order valence-corrected chi connectivity index (χ2v) is 20.8. The molecule has 0 unspecified atom stereocenters. The van der Waals surface area contributed by atoms with Gasteiger partial charge < -0.3 is 28.7 Å². The van der Waals surface area contributed by atoms with Crippen LogP contribution in [-0.2, 0) is 12.8 Å². The standard InChI is InChI=1S/C63H51B2IN2O4/c1-4-6-12-41-20-28-45(29-21-41)67(44-26-18-40(3)19-27-44)48-34-58-62-60(36-48)71-56-39-57-53(38-52(56)64(62)50-14-8-10-16-54(50)69-58)65-51-15-9-11-17-55(51)70-59-35-49(37-61(72-57)63(59)65)68(47-32-24-43(66)25-33-47)46-30-22-42(23-31-46)13-7-5-2/h8-11,14-39H,4-7,12-13H2,1-3H3. The second-order valence-electron chi connectivity index (χ2n) is 19.5. The molecule has 350 valence electrons. The van der Waals surface area contributed by atoms with Crippen molar-refractivity contribution in [3.8, 4) is 46.0 Å². The first kappa shape index (κ1) is 44.6. The number of unbranched alkanes of at least 4 members (excludes halogenated alkanes) is 2. The third kappa shape index (κ3) is 7.80. The molecule has 4 heterocycles. The molecule has 0 aliphatic carbocycles. The quantitative estimate of drug-likeness (QED) is 0.0897. The number of halogens is 1. The third-order valence-electron chi connectivity index (χ3n) is 14.8. The highest BCUT2D eigenvalue weighted by atomic mass is 127. The van der Waals surface area contributed by atoms with Crippen molar-refractivity contribution >= 4 is 103 Å². The Kier molecular flexibility index (Phi) is 11.4. The van der Waals surface area contributed by atoms with Crippen molar-refractivity contribution in [2.75, 3.05) is 9.80 Å². The number of hydrogen-bond donors (Lipinski definition) is 0. The average molecular weight is 1050 g/mol. The van der Waals surface area contributed by atoms with Crippen molar-refractivity contribution in [2.24, 2.45) is 0 Å². The van der Waals surface area contributed by atoms with Gasteiger partial charge in [-0.25, -0.2) is 0 Å². The topological polar surface area (TPSA) is 43.4 Å². The van der Waals surface area contributed by atoms with Gasteiger partial charge in [0.2, 0.25) is 0 Å². The molecule has 13 rings (SSSR count). The minimum Gasteiger partial charge on any atom is -0.458 e. The van der Waals surface area contributed by atoms with Gasteiger partial charge in [-0.15, -0.1) is 0 Å². The van der Waals surface area contributed by atoms with Gasteiger partial charge in [-0.1, -0.05) is 111 Å². The van der Waals surface area contributed by atoms with E-state index < -0.39 is 0 Å². The van der Waals surface area contributed by atoms with E-state index in [1.807, 2.05) is 0 Å². The zero-order valence-electron chi connectivity index (χ0n) is 40.6. The van der Waals surface area contributed by atoms with Crippen molar-refractivity contribution in [2.45, 2.75) is 59.3 Å². The Bertz CT molecular complexity index is 3320. The SMILES string of the molecule is CCCCc1ccc(N(c2ccc(C)cc2)c2cc3c4c(c2)Oc2cc5c(cc2B4c2ccccc2O3)B2c3ccccc3Oc3cc(N(c4ccc(I)cc4)c4ccc(CCCC)cc4)cc(c32)O5)cc1. The van der Waals surface area contributed by atoms with Crippen LogP contribution >= 0.6 is 22.6 Å². The summed E-state index contributed by atoms with van der Waals surface area (Å²) in [7, 11) is 0. The molecule has 4 aliphatic rings. The van der Waals surface area contributed by atoms with Crippen LogP contribution in [-0.4, -0.2) is 13.4 Å². The lowest BCUT2D eigenvalue weighted by Crippen LogP contribution is -2.61. The van der Waals surface area contributed by atoms with E-state index in [2.05, 4.69) is 235 Å². The van der Waals surface area contributed by atoms with Crippen molar-refractivity contribution in [1.82, 2.24) is 0 Å². The van der Waals surface area contributed by atoms with Crippen LogP contribution in [0.2, 0.25) is 0 Å². The van der Waals surface area contributed by atoms with Crippen LogP contribution < -0.4 is 61.5 Å². The predicted octanol–water partition coefficient (Wildman–Crippen LogP) is 13.7. The molecule has 0 N–H and O–H groups in total. The summed E-state index contributed by atoms with van der Waals surface area (Å²) in [5.74, 6) is 6.29. The van der Waals surface area contributed by atoms with Crippen LogP contribution in [0.3, 0.4) is 0 Å². The minimum absolute atomic E-state index is 0.150. The van der Waals surface area contributed by atoms with Crippen LogP contribution in [0.15, 0.2) is 182 Å². The smallest absolute Gasteiger partial charge is 0.260 e. The number of benzene rings is 9. The number of hydrogen-bond acceptors (Lipinski definition) is 6. The van der Waals surface area contributed by atoms with E-state index in [0.717, 1.165) is 139 Å². The zero-order chi connectivity index (χ0) is 48.5. The summed E-state index contributed by atoms with van der Waals surface area (Å²) < 4.78 is 29.5. The van der Waals surface area contributed by atoms with Gasteiger partial charge in [0.1, 0.15) is 46.0 Å². The maximum atomic E-state index is 7.22. The molecule has 0 atom stereocenters. The van der Waals surface area contributed by atoms with Crippen LogP contribution in [0.4, 0.5) is 34.1 Å². The van der Waals surface area contributed by atoms with E-state index in [9.17, 15) is 0 Å². The number of rotatable bonds is 12.